The van der Waals surface area contributed by atoms with Gasteiger partial charge in [-0.05, 0) is 32.1 Å². The van der Waals surface area contributed by atoms with Crippen molar-refractivity contribution in [3.8, 4) is 0 Å². The van der Waals surface area contributed by atoms with Crippen LogP contribution in [0.2, 0.25) is 0 Å². The van der Waals surface area contributed by atoms with Gasteiger partial charge in [-0.25, -0.2) is 0 Å². The molecule has 0 heterocycles. The SMILES string of the molecule is CCCCCCCCCCCCCCCCCCCCCC/C=C/CC/C=C/C(O)C(CO)NC(=O)CCCCCCCCCCCCCCCCCCCC. The smallest absolute Gasteiger partial charge is 0.220 e. The molecule has 0 aromatic rings. The van der Waals surface area contributed by atoms with E-state index in [4.69, 9.17) is 0 Å². The highest BCUT2D eigenvalue weighted by molar-refractivity contribution is 5.76. The summed E-state index contributed by atoms with van der Waals surface area (Å²) < 4.78 is 0. The first-order valence-electron chi connectivity index (χ1n) is 25.6. The van der Waals surface area contributed by atoms with Crippen LogP contribution in [-0.2, 0) is 4.79 Å². The van der Waals surface area contributed by atoms with Crippen molar-refractivity contribution >= 4 is 5.91 Å². The minimum absolute atomic E-state index is 0.0686. The summed E-state index contributed by atoms with van der Waals surface area (Å²) in [7, 11) is 0. The van der Waals surface area contributed by atoms with Crippen molar-refractivity contribution in [2.24, 2.45) is 0 Å². The Morgan fingerprint density at radius 3 is 1.04 bits per heavy atom. The maximum Gasteiger partial charge on any atom is 0.220 e. The molecule has 0 aromatic heterocycles. The van der Waals surface area contributed by atoms with Gasteiger partial charge in [-0.1, -0.05) is 269 Å². The van der Waals surface area contributed by atoms with Gasteiger partial charge in [0.2, 0.25) is 5.91 Å². The number of hydrogen-bond donors (Lipinski definition) is 3. The molecule has 0 aromatic carbocycles. The number of carbonyl (C=O) groups excluding carboxylic acids is 1. The number of carbonyl (C=O) groups is 1. The fraction of sp³-hybridized carbons (Fsp3) is 0.904. The lowest BCUT2D eigenvalue weighted by molar-refractivity contribution is -0.123. The number of allylic oxidation sites excluding steroid dienone is 3. The van der Waals surface area contributed by atoms with Gasteiger partial charge in [0, 0.05) is 6.42 Å². The van der Waals surface area contributed by atoms with E-state index in [1.807, 2.05) is 6.08 Å². The van der Waals surface area contributed by atoms with Crippen molar-refractivity contribution in [3.63, 3.8) is 0 Å². The summed E-state index contributed by atoms with van der Waals surface area (Å²) in [6, 6.07) is -0.635. The number of nitrogens with one attached hydrogen (secondary N) is 1. The maximum atomic E-state index is 12.4. The van der Waals surface area contributed by atoms with Gasteiger partial charge in [-0.3, -0.25) is 4.79 Å². The first kappa shape index (κ1) is 54.9. The lowest BCUT2D eigenvalue weighted by Gasteiger charge is -2.19. The van der Waals surface area contributed by atoms with Gasteiger partial charge < -0.3 is 15.5 Å². The molecular formula is C52H101NO3. The zero-order valence-corrected chi connectivity index (χ0v) is 38.2. The number of aliphatic hydroxyl groups is 2. The molecule has 0 aliphatic carbocycles. The molecule has 1 amide bonds. The highest BCUT2D eigenvalue weighted by Crippen LogP contribution is 2.17. The molecule has 0 aliphatic rings. The van der Waals surface area contributed by atoms with E-state index in [-0.39, 0.29) is 12.5 Å². The molecule has 0 bridgehead atoms. The predicted octanol–water partition coefficient (Wildman–Crippen LogP) is 16.4. The van der Waals surface area contributed by atoms with Crippen LogP contribution in [0.15, 0.2) is 24.3 Å². The van der Waals surface area contributed by atoms with Crippen molar-refractivity contribution in [1.29, 1.82) is 0 Å². The molecule has 0 radical (unpaired) electrons. The van der Waals surface area contributed by atoms with Crippen LogP contribution in [0.1, 0.15) is 284 Å². The second kappa shape index (κ2) is 48.2. The van der Waals surface area contributed by atoms with Crippen molar-refractivity contribution < 1.29 is 15.0 Å². The second-order valence-electron chi connectivity index (χ2n) is 17.6. The van der Waals surface area contributed by atoms with Crippen molar-refractivity contribution in [2.45, 2.75) is 296 Å². The van der Waals surface area contributed by atoms with Crippen LogP contribution in [-0.4, -0.2) is 34.9 Å². The van der Waals surface area contributed by atoms with E-state index in [1.54, 1.807) is 6.08 Å². The van der Waals surface area contributed by atoms with Crippen LogP contribution < -0.4 is 5.32 Å². The molecule has 332 valence electrons. The third-order valence-electron chi connectivity index (χ3n) is 11.9. The van der Waals surface area contributed by atoms with Gasteiger partial charge in [0.25, 0.3) is 0 Å². The maximum absolute atomic E-state index is 12.4. The number of unbranched alkanes of at least 4 members (excludes halogenated alkanes) is 38. The summed E-state index contributed by atoms with van der Waals surface area (Å²) in [4.78, 5) is 12.4. The Balaban J connectivity index is 3.52. The molecule has 0 saturated carbocycles. The van der Waals surface area contributed by atoms with Crippen LogP contribution in [0, 0.1) is 0 Å². The zero-order chi connectivity index (χ0) is 40.7. The van der Waals surface area contributed by atoms with Gasteiger partial charge in [0.1, 0.15) is 0 Å². The molecule has 0 saturated heterocycles. The van der Waals surface area contributed by atoms with Crippen LogP contribution in [0.3, 0.4) is 0 Å². The van der Waals surface area contributed by atoms with Gasteiger partial charge in [0.15, 0.2) is 0 Å². The van der Waals surface area contributed by atoms with Crippen LogP contribution >= 0.6 is 0 Å². The minimum Gasteiger partial charge on any atom is -0.394 e. The molecule has 0 fully saturated rings. The summed E-state index contributed by atoms with van der Waals surface area (Å²) in [5.74, 6) is -0.0686. The monoisotopic (exact) mass is 788 g/mol. The molecule has 0 spiro atoms. The van der Waals surface area contributed by atoms with Crippen molar-refractivity contribution in [3.05, 3.63) is 24.3 Å². The molecule has 3 N–H and O–H groups in total. The van der Waals surface area contributed by atoms with Crippen LogP contribution in [0.5, 0.6) is 0 Å². The largest absolute Gasteiger partial charge is 0.394 e. The number of aliphatic hydroxyl groups excluding tert-OH is 2. The average Bonchev–Trinajstić information content (AvgIpc) is 3.20. The molecule has 4 nitrogen and oxygen atoms in total. The van der Waals surface area contributed by atoms with Crippen molar-refractivity contribution in [2.75, 3.05) is 6.61 Å². The highest BCUT2D eigenvalue weighted by atomic mass is 16.3. The van der Waals surface area contributed by atoms with E-state index in [2.05, 4.69) is 31.3 Å². The van der Waals surface area contributed by atoms with E-state index in [1.165, 1.54) is 231 Å². The standard InChI is InChI=1S/C52H101NO3/c1-3-5-7-9-11-13-15-17-19-21-23-24-25-26-27-28-29-30-31-33-35-37-39-41-43-45-47-51(55)50(49-54)53-52(56)48-46-44-42-40-38-36-34-32-22-20-18-16-14-12-10-8-6-4-2/h37,39,45,47,50-51,54-55H,3-36,38,40-44,46,48-49H2,1-2H3,(H,53,56)/b39-37+,47-45+. The van der Waals surface area contributed by atoms with E-state index < -0.39 is 12.1 Å². The lowest BCUT2D eigenvalue weighted by Crippen LogP contribution is -2.45. The molecule has 0 rings (SSSR count). The molecule has 4 heteroatoms. The van der Waals surface area contributed by atoms with E-state index >= 15 is 0 Å². The van der Waals surface area contributed by atoms with Crippen LogP contribution in [0.25, 0.3) is 0 Å². The summed E-state index contributed by atoms with van der Waals surface area (Å²) in [6.07, 6.45) is 63.2. The highest BCUT2D eigenvalue weighted by Gasteiger charge is 2.17. The molecule has 0 aliphatic heterocycles. The Hall–Kier alpha value is -1.13. The van der Waals surface area contributed by atoms with Crippen LogP contribution in [0.4, 0.5) is 0 Å². The first-order chi connectivity index (χ1) is 27.7. The first-order valence-corrected chi connectivity index (χ1v) is 25.6. The van der Waals surface area contributed by atoms with E-state index in [0.29, 0.717) is 6.42 Å². The quantitative estimate of drug-likeness (QED) is 0.0425. The molecule has 2 unspecified atom stereocenters. The third kappa shape index (κ3) is 44.0. The lowest BCUT2D eigenvalue weighted by atomic mass is 10.0. The Kier molecular flexibility index (Phi) is 47.3. The predicted molar refractivity (Wildman–Crippen MR) is 249 cm³/mol. The Bertz CT molecular complexity index is 810. The zero-order valence-electron chi connectivity index (χ0n) is 38.2. The second-order valence-corrected chi connectivity index (χ2v) is 17.6. The summed E-state index contributed by atoms with van der Waals surface area (Å²) in [6.45, 7) is 4.33. The Labute approximate surface area is 351 Å². The number of rotatable bonds is 47. The molecular weight excluding hydrogens is 687 g/mol. The summed E-state index contributed by atoms with van der Waals surface area (Å²) >= 11 is 0. The number of amides is 1. The summed E-state index contributed by atoms with van der Waals surface area (Å²) in [5, 5.41) is 23.1. The van der Waals surface area contributed by atoms with Gasteiger partial charge in [0.05, 0.1) is 18.8 Å². The third-order valence-corrected chi connectivity index (χ3v) is 11.9. The van der Waals surface area contributed by atoms with E-state index in [0.717, 1.165) is 32.1 Å². The fourth-order valence-corrected chi connectivity index (χ4v) is 8.02. The van der Waals surface area contributed by atoms with Crippen molar-refractivity contribution in [1.82, 2.24) is 5.32 Å². The number of hydrogen-bond acceptors (Lipinski definition) is 3. The average molecular weight is 788 g/mol. The molecule has 56 heavy (non-hydrogen) atoms. The normalized spacial score (nSPS) is 13.0. The fourth-order valence-electron chi connectivity index (χ4n) is 8.02. The van der Waals surface area contributed by atoms with Gasteiger partial charge >= 0.3 is 0 Å². The molecule has 2 atom stereocenters. The van der Waals surface area contributed by atoms with Gasteiger partial charge in [-0.2, -0.15) is 0 Å². The van der Waals surface area contributed by atoms with Gasteiger partial charge in [-0.15, -0.1) is 0 Å². The Morgan fingerprint density at radius 2 is 0.696 bits per heavy atom. The minimum atomic E-state index is -0.859. The van der Waals surface area contributed by atoms with E-state index in [9.17, 15) is 15.0 Å². The topological polar surface area (TPSA) is 69.6 Å². The Morgan fingerprint density at radius 1 is 0.411 bits per heavy atom. The summed E-state index contributed by atoms with van der Waals surface area (Å²) in [5.41, 5.74) is 0.